The van der Waals surface area contributed by atoms with Crippen LogP contribution in [0.3, 0.4) is 0 Å². The Labute approximate surface area is 349 Å². The van der Waals surface area contributed by atoms with E-state index in [1.807, 2.05) is 0 Å². The number of rotatable bonds is 14. The van der Waals surface area contributed by atoms with Crippen LogP contribution in [0.25, 0.3) is 10.9 Å². The number of methoxy groups -OCH3 is 1. The van der Waals surface area contributed by atoms with E-state index >= 15 is 0 Å². The highest BCUT2D eigenvalue weighted by Crippen LogP contribution is 2.36. The minimum atomic E-state index is -0.575. The van der Waals surface area contributed by atoms with Gasteiger partial charge in [0.05, 0.1) is 48.1 Å². The predicted octanol–water partition coefficient (Wildman–Crippen LogP) is 4.76. The highest BCUT2D eigenvalue weighted by Gasteiger charge is 2.26. The van der Waals surface area contributed by atoms with Crippen LogP contribution in [0, 0.1) is 0 Å². The van der Waals surface area contributed by atoms with E-state index < -0.39 is 17.7 Å². The van der Waals surface area contributed by atoms with Crippen LogP contribution >= 0.6 is 0 Å². The largest absolute Gasteiger partial charge is 0.493 e. The van der Waals surface area contributed by atoms with E-state index in [2.05, 4.69) is 44.3 Å². The maximum absolute atomic E-state index is 13.4. The van der Waals surface area contributed by atoms with Gasteiger partial charge in [-0.1, -0.05) is 12.2 Å². The van der Waals surface area contributed by atoms with Crippen molar-refractivity contribution in [2.45, 2.75) is 19.3 Å². The number of ether oxygens (including phenoxy) is 2. The third kappa shape index (κ3) is 8.75. The Bertz CT molecular complexity index is 2750. The fourth-order valence-corrected chi connectivity index (χ4v) is 6.94. The second-order valence-corrected chi connectivity index (χ2v) is 14.5. The molecular formula is C42H44N12O7. The number of hydrogen-bond donors (Lipinski definition) is 4. The molecule has 314 valence electrons. The summed E-state index contributed by atoms with van der Waals surface area (Å²) >= 11 is 0. The normalized spacial score (nSPS) is 12.4. The van der Waals surface area contributed by atoms with Crippen LogP contribution in [0.1, 0.15) is 61.2 Å². The summed E-state index contributed by atoms with van der Waals surface area (Å²) in [5.41, 5.74) is 9.86. The Morgan fingerprint density at radius 1 is 0.869 bits per heavy atom. The zero-order valence-corrected chi connectivity index (χ0v) is 34.0. The molecule has 1 fully saturated rings. The number of nitrogens with two attached hydrogens (primary N) is 1. The van der Waals surface area contributed by atoms with Gasteiger partial charge in [-0.15, -0.1) is 0 Å². The van der Waals surface area contributed by atoms with Gasteiger partial charge in [0.2, 0.25) is 11.7 Å². The molecule has 1 saturated heterocycles. The van der Waals surface area contributed by atoms with E-state index in [1.54, 1.807) is 90.2 Å². The number of nitrogens with zero attached hydrogens (tertiary/aromatic N) is 8. The molecule has 0 bridgehead atoms. The number of imidazole rings is 1. The van der Waals surface area contributed by atoms with Gasteiger partial charge in [0.15, 0.2) is 17.3 Å². The number of aryl methyl sites for hydroxylation is 3. The zero-order valence-electron chi connectivity index (χ0n) is 34.0. The van der Waals surface area contributed by atoms with Gasteiger partial charge in [-0.3, -0.25) is 29.0 Å². The van der Waals surface area contributed by atoms with Crippen molar-refractivity contribution in [3.05, 3.63) is 102 Å². The molecule has 1 aliphatic heterocycles. The number of aliphatic imine (C=N–C) groups is 1. The van der Waals surface area contributed by atoms with E-state index in [-0.39, 0.29) is 47.9 Å². The molecule has 0 spiro atoms. The molecule has 0 atom stereocenters. The molecule has 5 N–H and O–H groups in total. The predicted molar refractivity (Wildman–Crippen MR) is 229 cm³/mol. The van der Waals surface area contributed by atoms with Gasteiger partial charge in [-0.25, -0.2) is 4.98 Å². The fraction of sp³-hybridized carbons (Fsp3) is 0.238. The summed E-state index contributed by atoms with van der Waals surface area (Å²) in [6, 6.07) is 11.4. The highest BCUT2D eigenvalue weighted by atomic mass is 16.5. The number of carbonyl (C=O) groups excluding carboxylic acids is 5. The SMILES string of the molecule is C=Nc1cc(OCCCC(=O)Nc2cn(C)c(C(=O)Nc3cc(C(=O)Nc4cc(C(=O)n5ncc6ccc(N)cc65)n(C)c4)n(C)c3)n2)c(OC)cc1C(=O)N1CCC(=C)C1. The molecule has 19 nitrogen and oxygen atoms in total. The lowest BCUT2D eigenvalue weighted by atomic mass is 10.1. The summed E-state index contributed by atoms with van der Waals surface area (Å²) in [6.45, 7) is 8.78. The van der Waals surface area contributed by atoms with Crippen molar-refractivity contribution in [3.63, 3.8) is 0 Å². The van der Waals surface area contributed by atoms with Crippen molar-refractivity contribution in [2.75, 3.05) is 48.5 Å². The topological polar surface area (TPSA) is 227 Å². The summed E-state index contributed by atoms with van der Waals surface area (Å²) in [5, 5.41) is 13.2. The number of carbonyl (C=O) groups is 5. The number of fused-ring (bicyclic) bond motifs is 1. The first-order valence-corrected chi connectivity index (χ1v) is 19.1. The van der Waals surface area contributed by atoms with Gasteiger partial charge in [-0.2, -0.15) is 9.78 Å². The van der Waals surface area contributed by atoms with E-state index in [0.717, 1.165) is 17.4 Å². The Balaban J connectivity index is 0.911. The van der Waals surface area contributed by atoms with Crippen molar-refractivity contribution < 1.29 is 33.4 Å². The van der Waals surface area contributed by atoms with Gasteiger partial charge < -0.3 is 49.8 Å². The first kappa shape index (κ1) is 41.2. The first-order chi connectivity index (χ1) is 29.2. The molecule has 0 unspecified atom stereocenters. The molecule has 7 rings (SSSR count). The van der Waals surface area contributed by atoms with Crippen LogP contribution < -0.4 is 31.2 Å². The van der Waals surface area contributed by atoms with Gasteiger partial charge in [-0.05, 0) is 56.0 Å². The number of anilines is 4. The van der Waals surface area contributed by atoms with Gasteiger partial charge >= 0.3 is 0 Å². The lowest BCUT2D eigenvalue weighted by Crippen LogP contribution is -2.27. The van der Waals surface area contributed by atoms with Crippen molar-refractivity contribution in [1.82, 2.24) is 33.4 Å². The molecule has 4 amide bonds. The standard InChI is InChI=1S/C42H44N12O7/c1-24-11-12-53(20-24)41(58)29-17-34(60-6)35(18-30(29)44-2)61-13-7-8-37(55)48-36-23-52(5)38(49-36)40(57)47-27-15-32(50(3)21-27)39(56)46-28-16-33(51(4)22-28)42(59)54-31-14-26(43)10-9-25(31)19-45-54/h9-10,14-19,21-23H,1-2,7-8,11-13,20,43H2,3-6H3,(H,46,56)(H,47,57)(H,48,55). The maximum atomic E-state index is 13.4. The summed E-state index contributed by atoms with van der Waals surface area (Å²) in [7, 11) is 6.41. The van der Waals surface area contributed by atoms with E-state index in [4.69, 9.17) is 15.2 Å². The fourth-order valence-electron chi connectivity index (χ4n) is 6.94. The number of amides is 4. The Hall–Kier alpha value is -7.96. The molecular weight excluding hydrogens is 785 g/mol. The van der Waals surface area contributed by atoms with Crippen molar-refractivity contribution in [1.29, 1.82) is 0 Å². The molecule has 61 heavy (non-hydrogen) atoms. The lowest BCUT2D eigenvalue weighted by Gasteiger charge is -2.18. The number of benzene rings is 2. The Kier molecular flexibility index (Phi) is 11.6. The number of nitrogens with one attached hydrogen (secondary N) is 3. The van der Waals surface area contributed by atoms with Crippen LogP contribution in [0.4, 0.5) is 28.6 Å². The number of nitrogen functional groups attached to an aromatic ring is 1. The molecule has 0 saturated carbocycles. The molecule has 0 radical (unpaired) electrons. The third-order valence-electron chi connectivity index (χ3n) is 10.0. The summed E-state index contributed by atoms with van der Waals surface area (Å²) < 4.78 is 17.2. The van der Waals surface area contributed by atoms with Gasteiger partial charge in [0.1, 0.15) is 11.4 Å². The van der Waals surface area contributed by atoms with Crippen LogP contribution in [-0.2, 0) is 25.9 Å². The summed E-state index contributed by atoms with van der Waals surface area (Å²) in [5.74, 6) is -1.14. The van der Waals surface area contributed by atoms with Gasteiger partial charge in [0.25, 0.3) is 23.6 Å². The van der Waals surface area contributed by atoms with Crippen LogP contribution in [0.2, 0.25) is 0 Å². The Morgan fingerprint density at radius 3 is 2.30 bits per heavy atom. The molecule has 0 aliphatic carbocycles. The first-order valence-electron chi connectivity index (χ1n) is 19.1. The van der Waals surface area contributed by atoms with E-state index in [0.29, 0.717) is 64.8 Å². The van der Waals surface area contributed by atoms with Crippen LogP contribution in [0.5, 0.6) is 11.5 Å². The minimum absolute atomic E-state index is 0.0120. The number of likely N-dealkylation sites (tertiary alicyclic amines) is 1. The smallest absolute Gasteiger partial charge is 0.295 e. The maximum Gasteiger partial charge on any atom is 0.295 e. The average molecular weight is 829 g/mol. The number of hydrogen-bond acceptors (Lipinski definition) is 11. The third-order valence-corrected chi connectivity index (χ3v) is 10.0. The second-order valence-electron chi connectivity index (χ2n) is 14.5. The molecule has 5 heterocycles. The minimum Gasteiger partial charge on any atom is -0.493 e. The Morgan fingerprint density at radius 2 is 1.59 bits per heavy atom. The second kappa shape index (κ2) is 17.1. The lowest BCUT2D eigenvalue weighted by molar-refractivity contribution is -0.116. The molecule has 6 aromatic rings. The molecule has 19 heteroatoms. The molecule has 1 aliphatic rings. The van der Waals surface area contributed by atoms with Gasteiger partial charge in [0, 0.05) is 76.4 Å². The van der Waals surface area contributed by atoms with Crippen molar-refractivity contribution in [3.8, 4) is 11.5 Å². The van der Waals surface area contributed by atoms with E-state index in [1.165, 1.54) is 28.6 Å². The van der Waals surface area contributed by atoms with Crippen LogP contribution in [-0.4, -0.2) is 96.4 Å². The summed E-state index contributed by atoms with van der Waals surface area (Å²) in [4.78, 5) is 76.0. The van der Waals surface area contributed by atoms with Crippen molar-refractivity contribution in [2.24, 2.45) is 26.1 Å². The average Bonchev–Trinajstić information content (AvgIpc) is 4.07. The molecule has 2 aromatic carbocycles. The van der Waals surface area contributed by atoms with Crippen molar-refractivity contribution >= 4 is 75.7 Å². The van der Waals surface area contributed by atoms with Crippen LogP contribution in [0.15, 0.2) is 84.4 Å². The quantitative estimate of drug-likeness (QED) is 0.0509. The monoisotopic (exact) mass is 828 g/mol. The summed E-state index contributed by atoms with van der Waals surface area (Å²) in [6.07, 6.45) is 7.41. The molecule has 4 aromatic heterocycles. The van der Waals surface area contributed by atoms with E-state index in [9.17, 15) is 24.0 Å². The highest BCUT2D eigenvalue weighted by molar-refractivity contribution is 6.07. The zero-order chi connectivity index (χ0) is 43.5. The number of aromatic nitrogens is 6.